The van der Waals surface area contributed by atoms with Crippen LogP contribution in [0.2, 0.25) is 10.0 Å². The van der Waals surface area contributed by atoms with Gasteiger partial charge in [-0.05, 0) is 23.8 Å². The minimum atomic E-state index is -1.09. The van der Waals surface area contributed by atoms with Crippen LogP contribution >= 0.6 is 23.2 Å². The van der Waals surface area contributed by atoms with E-state index in [2.05, 4.69) is 9.99 Å². The largest absolute Gasteiger partial charge is 0.479 e. The van der Waals surface area contributed by atoms with Gasteiger partial charge in [0, 0.05) is 10.0 Å². The van der Waals surface area contributed by atoms with E-state index >= 15 is 0 Å². The standard InChI is InChI=1S/C9H7Cl2NO3/c10-7-1-6(2-8(11)3-7)4-12-15-5-9(13)14/h1-4H,5H2,(H,13,14). The SMILES string of the molecule is O=C(O)CON=Cc1cc(Cl)cc(Cl)c1. The minimum absolute atomic E-state index is 0.474. The second kappa shape index (κ2) is 5.58. The number of oxime groups is 1. The molecule has 0 unspecified atom stereocenters. The van der Waals surface area contributed by atoms with Crippen LogP contribution in [-0.2, 0) is 9.63 Å². The van der Waals surface area contributed by atoms with Crippen LogP contribution in [0.3, 0.4) is 0 Å². The number of halogens is 2. The third-order valence-corrected chi connectivity index (χ3v) is 1.79. The van der Waals surface area contributed by atoms with Crippen molar-refractivity contribution in [3.63, 3.8) is 0 Å². The summed E-state index contributed by atoms with van der Waals surface area (Å²) in [6, 6.07) is 4.83. The molecule has 0 aliphatic carbocycles. The molecule has 0 bridgehead atoms. The van der Waals surface area contributed by atoms with Crippen LogP contribution in [0.15, 0.2) is 23.4 Å². The highest BCUT2D eigenvalue weighted by Gasteiger charge is 1.96. The number of nitrogens with zero attached hydrogens (tertiary/aromatic N) is 1. The molecule has 15 heavy (non-hydrogen) atoms. The summed E-state index contributed by atoms with van der Waals surface area (Å²) in [6.07, 6.45) is 1.33. The van der Waals surface area contributed by atoms with Gasteiger partial charge in [-0.3, -0.25) is 0 Å². The number of benzene rings is 1. The second-order valence-corrected chi connectivity index (χ2v) is 3.48. The molecule has 1 aromatic rings. The Balaban J connectivity index is 2.60. The lowest BCUT2D eigenvalue weighted by molar-refractivity contribution is -0.142. The van der Waals surface area contributed by atoms with Gasteiger partial charge in [0.15, 0.2) is 0 Å². The average Bonchev–Trinajstić information content (AvgIpc) is 2.10. The van der Waals surface area contributed by atoms with Crippen molar-refractivity contribution in [2.24, 2.45) is 5.16 Å². The molecule has 6 heteroatoms. The first-order valence-electron chi connectivity index (χ1n) is 3.91. The maximum atomic E-state index is 10.1. The van der Waals surface area contributed by atoms with Crippen LogP contribution in [-0.4, -0.2) is 23.9 Å². The monoisotopic (exact) mass is 247 g/mol. The van der Waals surface area contributed by atoms with Crippen LogP contribution < -0.4 is 0 Å². The quantitative estimate of drug-likeness (QED) is 0.657. The highest BCUT2D eigenvalue weighted by atomic mass is 35.5. The number of hydrogen-bond acceptors (Lipinski definition) is 3. The van der Waals surface area contributed by atoms with Gasteiger partial charge in [0.25, 0.3) is 0 Å². The van der Waals surface area contributed by atoms with Crippen molar-refractivity contribution < 1.29 is 14.7 Å². The van der Waals surface area contributed by atoms with E-state index in [1.165, 1.54) is 6.21 Å². The Morgan fingerprint density at radius 1 is 1.40 bits per heavy atom. The fraction of sp³-hybridized carbons (Fsp3) is 0.111. The smallest absolute Gasteiger partial charge is 0.344 e. The van der Waals surface area contributed by atoms with Gasteiger partial charge in [-0.2, -0.15) is 0 Å². The summed E-state index contributed by atoms with van der Waals surface area (Å²) in [5, 5.41) is 12.6. The molecule has 0 fully saturated rings. The highest BCUT2D eigenvalue weighted by Crippen LogP contribution is 2.17. The average molecular weight is 248 g/mol. The van der Waals surface area contributed by atoms with E-state index in [-0.39, 0.29) is 0 Å². The molecule has 0 saturated heterocycles. The highest BCUT2D eigenvalue weighted by molar-refractivity contribution is 6.35. The van der Waals surface area contributed by atoms with E-state index in [4.69, 9.17) is 28.3 Å². The van der Waals surface area contributed by atoms with E-state index < -0.39 is 12.6 Å². The molecule has 0 aromatic heterocycles. The summed E-state index contributed by atoms with van der Waals surface area (Å²) >= 11 is 11.5. The Labute approximate surface area is 96.1 Å². The van der Waals surface area contributed by atoms with Gasteiger partial charge < -0.3 is 9.94 Å². The molecule has 0 aliphatic heterocycles. The van der Waals surface area contributed by atoms with Gasteiger partial charge in [-0.25, -0.2) is 4.79 Å². The number of carboxylic acid groups (broad SMARTS) is 1. The first-order chi connectivity index (χ1) is 7.08. The molecule has 1 N–H and O–H groups in total. The summed E-state index contributed by atoms with van der Waals surface area (Å²) in [7, 11) is 0. The molecule has 0 aliphatic rings. The van der Waals surface area contributed by atoms with Crippen molar-refractivity contribution in [2.45, 2.75) is 0 Å². The molecule has 0 atom stereocenters. The lowest BCUT2D eigenvalue weighted by Crippen LogP contribution is -2.03. The van der Waals surface area contributed by atoms with Crippen molar-refractivity contribution in [1.29, 1.82) is 0 Å². The topological polar surface area (TPSA) is 58.9 Å². The molecule has 0 amide bonds. The van der Waals surface area contributed by atoms with Gasteiger partial charge >= 0.3 is 5.97 Å². The third kappa shape index (κ3) is 4.67. The van der Waals surface area contributed by atoms with Crippen molar-refractivity contribution in [3.05, 3.63) is 33.8 Å². The molecular weight excluding hydrogens is 241 g/mol. The summed E-state index contributed by atoms with van der Waals surface area (Å²) in [6.45, 7) is -0.481. The number of carbonyl (C=O) groups is 1. The number of hydrogen-bond donors (Lipinski definition) is 1. The Morgan fingerprint density at radius 2 is 2.00 bits per heavy atom. The van der Waals surface area contributed by atoms with Crippen LogP contribution in [0.1, 0.15) is 5.56 Å². The molecule has 1 aromatic carbocycles. The van der Waals surface area contributed by atoms with Gasteiger partial charge in [0.2, 0.25) is 6.61 Å². The van der Waals surface area contributed by atoms with Crippen molar-refractivity contribution >= 4 is 35.4 Å². The summed E-state index contributed by atoms with van der Waals surface area (Å²) in [5.74, 6) is -1.09. The summed E-state index contributed by atoms with van der Waals surface area (Å²) in [5.41, 5.74) is 0.637. The van der Waals surface area contributed by atoms with Crippen LogP contribution in [0, 0.1) is 0 Å². The molecular formula is C9H7Cl2NO3. The van der Waals surface area contributed by atoms with Gasteiger partial charge in [0.05, 0.1) is 6.21 Å². The van der Waals surface area contributed by atoms with E-state index in [0.29, 0.717) is 15.6 Å². The third-order valence-electron chi connectivity index (χ3n) is 1.35. The molecule has 0 heterocycles. The zero-order valence-corrected chi connectivity index (χ0v) is 9.00. The zero-order chi connectivity index (χ0) is 11.3. The molecule has 1 rings (SSSR count). The molecule has 0 saturated carbocycles. The van der Waals surface area contributed by atoms with E-state index in [1.54, 1.807) is 18.2 Å². The van der Waals surface area contributed by atoms with Crippen LogP contribution in [0.25, 0.3) is 0 Å². The van der Waals surface area contributed by atoms with E-state index in [9.17, 15) is 4.79 Å². The number of carboxylic acids is 1. The Morgan fingerprint density at radius 3 is 2.53 bits per heavy atom. The second-order valence-electron chi connectivity index (χ2n) is 2.60. The minimum Gasteiger partial charge on any atom is -0.479 e. The predicted octanol–water partition coefficient (Wildman–Crippen LogP) is 2.43. The van der Waals surface area contributed by atoms with Gasteiger partial charge in [-0.1, -0.05) is 28.4 Å². The normalized spacial score (nSPS) is 10.5. The van der Waals surface area contributed by atoms with Gasteiger partial charge in [0.1, 0.15) is 0 Å². The summed E-state index contributed by atoms with van der Waals surface area (Å²) < 4.78 is 0. The molecule has 0 radical (unpaired) electrons. The Kier molecular flexibility index (Phi) is 4.39. The van der Waals surface area contributed by atoms with Crippen LogP contribution in [0.4, 0.5) is 0 Å². The fourth-order valence-electron chi connectivity index (χ4n) is 0.840. The number of aliphatic carboxylic acids is 1. The zero-order valence-electron chi connectivity index (χ0n) is 7.48. The summed E-state index contributed by atoms with van der Waals surface area (Å²) in [4.78, 5) is 14.5. The fourth-order valence-corrected chi connectivity index (χ4v) is 1.38. The Hall–Kier alpha value is -1.26. The Bertz CT molecular complexity index is 373. The van der Waals surface area contributed by atoms with Crippen molar-refractivity contribution in [1.82, 2.24) is 0 Å². The maximum Gasteiger partial charge on any atom is 0.344 e. The van der Waals surface area contributed by atoms with E-state index in [1.807, 2.05) is 0 Å². The van der Waals surface area contributed by atoms with Gasteiger partial charge in [-0.15, -0.1) is 0 Å². The first kappa shape index (κ1) is 11.8. The molecule has 4 nitrogen and oxygen atoms in total. The first-order valence-corrected chi connectivity index (χ1v) is 4.67. The lowest BCUT2D eigenvalue weighted by atomic mass is 10.2. The number of rotatable bonds is 4. The predicted molar refractivity (Wildman–Crippen MR) is 57.6 cm³/mol. The van der Waals surface area contributed by atoms with Crippen molar-refractivity contribution in [2.75, 3.05) is 6.61 Å². The van der Waals surface area contributed by atoms with Crippen LogP contribution in [0.5, 0.6) is 0 Å². The lowest BCUT2D eigenvalue weighted by Gasteiger charge is -1.96. The van der Waals surface area contributed by atoms with Crippen molar-refractivity contribution in [3.8, 4) is 0 Å². The maximum absolute atomic E-state index is 10.1. The molecule has 80 valence electrons. The molecule has 0 spiro atoms. The van der Waals surface area contributed by atoms with E-state index in [0.717, 1.165) is 0 Å².